The number of hydrogen-bond acceptors (Lipinski definition) is 6. The Morgan fingerprint density at radius 3 is 2.55 bits per heavy atom. The number of carbonyl (C=O) groups is 1. The number of aromatic nitrogens is 2. The third-order valence-electron chi connectivity index (χ3n) is 7.30. The number of azide groups is 1. The first-order valence-corrected chi connectivity index (χ1v) is 13.6. The van der Waals surface area contributed by atoms with E-state index in [2.05, 4.69) is 35.8 Å². The van der Waals surface area contributed by atoms with Crippen LogP contribution in [0.25, 0.3) is 21.7 Å². The number of halogens is 1. The second-order valence-corrected chi connectivity index (χ2v) is 10.7. The molecule has 0 radical (unpaired) electrons. The van der Waals surface area contributed by atoms with Crippen LogP contribution in [0.2, 0.25) is 0 Å². The van der Waals surface area contributed by atoms with Gasteiger partial charge in [0.15, 0.2) is 0 Å². The van der Waals surface area contributed by atoms with Gasteiger partial charge in [0.05, 0.1) is 24.0 Å². The minimum absolute atomic E-state index is 0.0615. The van der Waals surface area contributed by atoms with Crippen molar-refractivity contribution in [3.63, 3.8) is 0 Å². The van der Waals surface area contributed by atoms with E-state index in [9.17, 15) is 9.90 Å². The second kappa shape index (κ2) is 11.6. The molecule has 0 aliphatic carbocycles. The van der Waals surface area contributed by atoms with Gasteiger partial charge < -0.3 is 14.9 Å². The molecule has 5 rings (SSSR count). The Hall–Kier alpha value is -3.37. The van der Waals surface area contributed by atoms with Crippen molar-refractivity contribution in [1.82, 2.24) is 19.6 Å². The molecular formula is C27H31BrN8O2. The summed E-state index contributed by atoms with van der Waals surface area (Å²) in [5.74, 6) is 0.0615. The maximum absolute atomic E-state index is 12.1. The van der Waals surface area contributed by atoms with Gasteiger partial charge >= 0.3 is 0 Å². The molecular weight excluding hydrogens is 548 g/mol. The van der Waals surface area contributed by atoms with Crippen LogP contribution in [0.15, 0.2) is 58.1 Å². The van der Waals surface area contributed by atoms with E-state index in [4.69, 9.17) is 10.6 Å². The average molecular weight is 580 g/mol. The Bertz CT molecular complexity index is 1340. The predicted octanol–water partition coefficient (Wildman–Crippen LogP) is 4.34. The number of aliphatic hydroxyl groups is 1. The molecule has 38 heavy (non-hydrogen) atoms. The van der Waals surface area contributed by atoms with E-state index >= 15 is 0 Å². The summed E-state index contributed by atoms with van der Waals surface area (Å²) in [6, 6.07) is 15.7. The van der Waals surface area contributed by atoms with Crippen molar-refractivity contribution in [3.8, 4) is 11.3 Å². The summed E-state index contributed by atoms with van der Waals surface area (Å²) in [4.78, 5) is 21.4. The summed E-state index contributed by atoms with van der Waals surface area (Å²) < 4.78 is 2.94. The van der Waals surface area contributed by atoms with E-state index < -0.39 is 6.10 Å². The van der Waals surface area contributed by atoms with Crippen LogP contribution in [0.4, 0.5) is 11.4 Å². The fourth-order valence-corrected chi connectivity index (χ4v) is 5.61. The number of amides is 1. The summed E-state index contributed by atoms with van der Waals surface area (Å²) in [6.45, 7) is 6.93. The zero-order valence-electron chi connectivity index (χ0n) is 21.4. The zero-order valence-corrected chi connectivity index (χ0v) is 23.0. The van der Waals surface area contributed by atoms with Crippen molar-refractivity contribution in [1.29, 1.82) is 0 Å². The van der Waals surface area contributed by atoms with E-state index in [0.29, 0.717) is 38.3 Å². The molecule has 2 aliphatic heterocycles. The number of piperazine rings is 1. The first-order chi connectivity index (χ1) is 18.4. The van der Waals surface area contributed by atoms with Crippen LogP contribution in [0.5, 0.6) is 0 Å². The van der Waals surface area contributed by atoms with Gasteiger partial charge in [0.25, 0.3) is 0 Å². The topological polar surface area (TPSA) is 114 Å². The van der Waals surface area contributed by atoms with Crippen LogP contribution >= 0.6 is 15.9 Å². The number of benzene rings is 2. The van der Waals surface area contributed by atoms with Crippen LogP contribution in [-0.4, -0.2) is 76.0 Å². The lowest BCUT2D eigenvalue weighted by Crippen LogP contribution is -2.49. The van der Waals surface area contributed by atoms with Gasteiger partial charge in [0.1, 0.15) is 0 Å². The Labute approximate surface area is 230 Å². The van der Waals surface area contributed by atoms with Gasteiger partial charge in [0.2, 0.25) is 5.91 Å². The molecule has 0 spiro atoms. The van der Waals surface area contributed by atoms with Crippen LogP contribution < -0.4 is 4.90 Å². The van der Waals surface area contributed by atoms with Gasteiger partial charge in [-0.25, -0.2) is 0 Å². The molecule has 3 aromatic rings. The highest BCUT2D eigenvalue weighted by Crippen LogP contribution is 2.32. The second-order valence-electron chi connectivity index (χ2n) is 9.77. The third kappa shape index (κ3) is 5.71. The van der Waals surface area contributed by atoms with Crippen LogP contribution in [0.1, 0.15) is 18.2 Å². The van der Waals surface area contributed by atoms with Gasteiger partial charge in [0, 0.05) is 91.1 Å². The maximum atomic E-state index is 12.1. The predicted molar refractivity (Wildman–Crippen MR) is 150 cm³/mol. The summed E-state index contributed by atoms with van der Waals surface area (Å²) in [5.41, 5.74) is 14.5. The highest BCUT2D eigenvalue weighted by Gasteiger charge is 2.28. The molecule has 1 N–H and O–H groups in total. The van der Waals surface area contributed by atoms with Crippen molar-refractivity contribution < 1.29 is 9.90 Å². The molecule has 11 heteroatoms. The zero-order chi connectivity index (χ0) is 26.6. The Balaban J connectivity index is 1.27. The maximum Gasteiger partial charge on any atom is 0.219 e. The van der Waals surface area contributed by atoms with Crippen LogP contribution in [0.3, 0.4) is 0 Å². The number of carbonyl (C=O) groups excluding carboxylic acids is 1. The first-order valence-electron chi connectivity index (χ1n) is 12.8. The molecule has 1 amide bonds. The van der Waals surface area contributed by atoms with Crippen molar-refractivity contribution >= 4 is 33.2 Å². The van der Waals surface area contributed by atoms with E-state index in [1.165, 1.54) is 0 Å². The monoisotopic (exact) mass is 578 g/mol. The highest BCUT2D eigenvalue weighted by atomic mass is 79.9. The van der Waals surface area contributed by atoms with Crippen LogP contribution in [-0.2, 0) is 24.3 Å². The fourth-order valence-electron chi connectivity index (χ4n) is 5.34. The molecule has 3 heterocycles. The molecule has 0 saturated carbocycles. The number of nitrogens with zero attached hydrogens (tertiary/aromatic N) is 8. The van der Waals surface area contributed by atoms with Crippen LogP contribution in [0, 0.1) is 0 Å². The Morgan fingerprint density at radius 1 is 1.11 bits per heavy atom. The molecule has 2 aromatic carbocycles. The molecule has 1 saturated heterocycles. The largest absolute Gasteiger partial charge is 0.390 e. The summed E-state index contributed by atoms with van der Waals surface area (Å²) >= 11 is 3.50. The van der Waals surface area contributed by atoms with Gasteiger partial charge in [-0.2, -0.15) is 5.10 Å². The summed E-state index contributed by atoms with van der Waals surface area (Å²) in [6.07, 6.45) is 0.138. The van der Waals surface area contributed by atoms with Crippen molar-refractivity contribution in [2.75, 3.05) is 44.2 Å². The minimum atomic E-state index is -0.579. The molecule has 10 nitrogen and oxygen atoms in total. The molecule has 0 bridgehead atoms. The number of anilines is 1. The lowest BCUT2D eigenvalue weighted by molar-refractivity contribution is -0.129. The number of para-hydroxylation sites is 1. The highest BCUT2D eigenvalue weighted by molar-refractivity contribution is 9.10. The number of β-amino-alcohol motifs (C(OH)–C–C–N with tert-alkyl or cyclic N) is 1. The Morgan fingerprint density at radius 2 is 1.84 bits per heavy atom. The average Bonchev–Trinajstić information content (AvgIpc) is 3.27. The normalized spacial score (nSPS) is 16.6. The Kier molecular flexibility index (Phi) is 7.99. The minimum Gasteiger partial charge on any atom is -0.390 e. The number of hydrogen-bond donors (Lipinski definition) is 1. The van der Waals surface area contributed by atoms with E-state index in [-0.39, 0.29) is 5.91 Å². The third-order valence-corrected chi connectivity index (χ3v) is 7.83. The standard InChI is InChI=1S/C27H31BrN8O2/c1-19(37)35-11-10-25-23(18-35)27(20-6-8-21(28)9-7-20)31-36(25)17-22(38)16-33-12-14-34(15-13-33)26-5-3-2-4-24(26)30-32-29/h2-9,22,38H,10-18H2,1H3. The fraction of sp³-hybridized carbons (Fsp3) is 0.407. The number of aliphatic hydroxyl groups excluding tert-OH is 1. The van der Waals surface area contributed by atoms with Gasteiger partial charge in [-0.05, 0) is 23.7 Å². The van der Waals surface area contributed by atoms with Crippen molar-refractivity contribution in [2.45, 2.75) is 32.5 Å². The number of rotatable bonds is 7. The SMILES string of the molecule is CC(=O)N1CCc2c(c(-c3ccc(Br)cc3)nn2CC(O)CN2CCN(c3ccccc3N=[N+]=[N-])CC2)C1. The quantitative estimate of drug-likeness (QED) is 0.254. The molecule has 1 fully saturated rings. The molecule has 1 aromatic heterocycles. The lowest BCUT2D eigenvalue weighted by atomic mass is 10.0. The van der Waals surface area contributed by atoms with Crippen molar-refractivity contribution in [2.24, 2.45) is 5.11 Å². The van der Waals surface area contributed by atoms with Gasteiger partial charge in [-0.3, -0.25) is 14.4 Å². The summed E-state index contributed by atoms with van der Waals surface area (Å²) in [7, 11) is 0. The van der Waals surface area contributed by atoms with Crippen molar-refractivity contribution in [3.05, 3.63) is 74.7 Å². The number of fused-ring (bicyclic) bond motifs is 1. The van der Waals surface area contributed by atoms with Gasteiger partial charge in [-0.15, -0.1) is 0 Å². The summed E-state index contributed by atoms with van der Waals surface area (Å²) in [5, 5.41) is 19.8. The lowest BCUT2D eigenvalue weighted by Gasteiger charge is -2.37. The molecule has 198 valence electrons. The smallest absolute Gasteiger partial charge is 0.219 e. The first kappa shape index (κ1) is 26.2. The molecule has 1 unspecified atom stereocenters. The van der Waals surface area contributed by atoms with E-state index in [0.717, 1.165) is 58.9 Å². The van der Waals surface area contributed by atoms with Gasteiger partial charge in [-0.1, -0.05) is 51.4 Å². The molecule has 1 atom stereocenters. The molecule has 2 aliphatic rings. The van der Waals surface area contributed by atoms with E-state index in [1.54, 1.807) is 6.92 Å². The van der Waals surface area contributed by atoms with E-state index in [1.807, 2.05) is 58.1 Å².